The van der Waals surface area contributed by atoms with Crippen molar-refractivity contribution in [2.24, 2.45) is 0 Å². The van der Waals surface area contributed by atoms with E-state index in [0.29, 0.717) is 27.6 Å². The fourth-order valence-corrected chi connectivity index (χ4v) is 3.98. The lowest BCUT2D eigenvalue weighted by molar-refractivity contribution is -0.132. The Balaban J connectivity index is 1.96. The number of methoxy groups -OCH3 is 1. The van der Waals surface area contributed by atoms with Crippen molar-refractivity contribution in [3.63, 3.8) is 0 Å². The molecule has 4 rings (SSSR count). The number of aliphatic hydroxyl groups excluding tert-OH is 1. The first kappa shape index (κ1) is 20.6. The maximum Gasteiger partial charge on any atom is 0.300 e. The fourth-order valence-electron chi connectivity index (χ4n) is 3.75. The van der Waals surface area contributed by atoms with Crippen LogP contribution in [-0.4, -0.2) is 28.9 Å². The van der Waals surface area contributed by atoms with E-state index in [1.54, 1.807) is 67.0 Å². The average Bonchev–Trinajstić information content (AvgIpc) is 3.04. The molecule has 2 aromatic carbocycles. The number of aromatic nitrogens is 1. The van der Waals surface area contributed by atoms with E-state index in [0.717, 1.165) is 5.56 Å². The number of hydrogen-bond acceptors (Lipinski definition) is 5. The molecule has 156 valence electrons. The maximum atomic E-state index is 13.1. The quantitative estimate of drug-likeness (QED) is 0.366. The molecule has 0 bridgehead atoms. The molecule has 1 atom stereocenters. The van der Waals surface area contributed by atoms with Gasteiger partial charge in [0.1, 0.15) is 11.5 Å². The van der Waals surface area contributed by atoms with Crippen molar-refractivity contribution in [2.75, 3.05) is 12.0 Å². The normalized spacial score (nSPS) is 17.8. The van der Waals surface area contributed by atoms with Crippen molar-refractivity contribution >= 4 is 34.7 Å². The van der Waals surface area contributed by atoms with Gasteiger partial charge in [0, 0.05) is 28.7 Å². The molecular formula is C24H19ClN2O4. The number of hydrogen-bond donors (Lipinski definition) is 1. The summed E-state index contributed by atoms with van der Waals surface area (Å²) in [4.78, 5) is 31.8. The lowest BCUT2D eigenvalue weighted by Crippen LogP contribution is -2.30. The van der Waals surface area contributed by atoms with E-state index in [2.05, 4.69) is 4.98 Å². The third kappa shape index (κ3) is 3.66. The van der Waals surface area contributed by atoms with E-state index in [1.165, 1.54) is 12.0 Å². The Kier molecular flexibility index (Phi) is 5.48. The van der Waals surface area contributed by atoms with Crippen LogP contribution in [0.2, 0.25) is 5.02 Å². The van der Waals surface area contributed by atoms with E-state index in [4.69, 9.17) is 16.3 Å². The number of ketones is 1. The van der Waals surface area contributed by atoms with Crippen LogP contribution in [0, 0.1) is 6.92 Å². The number of nitrogens with zero attached hydrogens (tertiary/aromatic N) is 2. The number of pyridine rings is 1. The molecule has 0 spiro atoms. The molecule has 0 aliphatic carbocycles. The molecule has 1 fully saturated rings. The predicted molar refractivity (Wildman–Crippen MR) is 118 cm³/mol. The Morgan fingerprint density at radius 3 is 2.61 bits per heavy atom. The van der Waals surface area contributed by atoms with Crippen molar-refractivity contribution < 1.29 is 19.4 Å². The van der Waals surface area contributed by atoms with Crippen molar-refractivity contribution in [3.05, 3.63) is 94.3 Å². The topological polar surface area (TPSA) is 79.7 Å². The molecular weight excluding hydrogens is 416 g/mol. The molecule has 6 nitrogen and oxygen atoms in total. The van der Waals surface area contributed by atoms with E-state index in [-0.39, 0.29) is 11.3 Å². The first-order valence-electron chi connectivity index (χ1n) is 9.54. The Hall–Kier alpha value is -3.64. The van der Waals surface area contributed by atoms with Crippen LogP contribution in [0.15, 0.2) is 72.6 Å². The number of halogens is 1. The number of aryl methyl sites for hydroxylation is 1. The van der Waals surface area contributed by atoms with Crippen molar-refractivity contribution in [3.8, 4) is 5.75 Å². The smallest absolute Gasteiger partial charge is 0.300 e. The Morgan fingerprint density at radius 1 is 1.13 bits per heavy atom. The Labute approximate surface area is 184 Å². The van der Waals surface area contributed by atoms with E-state index >= 15 is 0 Å². The summed E-state index contributed by atoms with van der Waals surface area (Å²) >= 11 is 6.09. The summed E-state index contributed by atoms with van der Waals surface area (Å²) in [6.07, 6.45) is 3.18. The van der Waals surface area contributed by atoms with Crippen LogP contribution in [0.4, 0.5) is 5.69 Å². The number of rotatable bonds is 4. The summed E-state index contributed by atoms with van der Waals surface area (Å²) in [7, 11) is 1.51. The van der Waals surface area contributed by atoms with Crippen LogP contribution in [0.1, 0.15) is 22.7 Å². The molecule has 1 aromatic heterocycles. The fraction of sp³-hybridized carbons (Fsp3) is 0.125. The van der Waals surface area contributed by atoms with Gasteiger partial charge in [-0.05, 0) is 54.4 Å². The zero-order chi connectivity index (χ0) is 22.1. The summed E-state index contributed by atoms with van der Waals surface area (Å²) in [6, 6.07) is 14.4. The minimum absolute atomic E-state index is 0.0133. The van der Waals surface area contributed by atoms with Gasteiger partial charge in [0.25, 0.3) is 11.7 Å². The van der Waals surface area contributed by atoms with Gasteiger partial charge in [0.05, 0.1) is 18.7 Å². The summed E-state index contributed by atoms with van der Waals surface area (Å²) in [6.45, 7) is 1.81. The van der Waals surface area contributed by atoms with Crippen LogP contribution in [0.5, 0.6) is 5.75 Å². The van der Waals surface area contributed by atoms with Gasteiger partial charge in [-0.1, -0.05) is 29.8 Å². The molecule has 31 heavy (non-hydrogen) atoms. The lowest BCUT2D eigenvalue weighted by Gasteiger charge is -2.26. The van der Waals surface area contributed by atoms with Crippen LogP contribution in [0.25, 0.3) is 5.76 Å². The van der Waals surface area contributed by atoms with Gasteiger partial charge in [-0.25, -0.2) is 0 Å². The molecule has 1 saturated heterocycles. The molecule has 0 saturated carbocycles. The molecule has 2 heterocycles. The van der Waals surface area contributed by atoms with Gasteiger partial charge in [-0.15, -0.1) is 0 Å². The van der Waals surface area contributed by atoms with Crippen molar-refractivity contribution in [1.29, 1.82) is 0 Å². The van der Waals surface area contributed by atoms with Gasteiger partial charge in [0.2, 0.25) is 0 Å². The summed E-state index contributed by atoms with van der Waals surface area (Å²) in [5, 5.41) is 11.6. The van der Waals surface area contributed by atoms with E-state index in [1.807, 2.05) is 6.92 Å². The second kappa shape index (κ2) is 8.24. The lowest BCUT2D eigenvalue weighted by atomic mass is 9.96. The monoisotopic (exact) mass is 434 g/mol. The minimum Gasteiger partial charge on any atom is -0.507 e. The number of amides is 1. The Morgan fingerprint density at radius 2 is 1.94 bits per heavy atom. The SMILES string of the molecule is COc1cccc(/C(O)=C2\C(=O)C(=O)N(c3ccc(Cl)cc3C)C2c2cccnc2)c1. The van der Waals surface area contributed by atoms with Gasteiger partial charge >= 0.3 is 0 Å². The van der Waals surface area contributed by atoms with Gasteiger partial charge in [-0.2, -0.15) is 0 Å². The third-order valence-electron chi connectivity index (χ3n) is 5.21. The molecule has 1 unspecified atom stereocenters. The number of ether oxygens (including phenoxy) is 1. The molecule has 3 aromatic rings. The third-order valence-corrected chi connectivity index (χ3v) is 5.44. The molecule has 1 N–H and O–H groups in total. The van der Waals surface area contributed by atoms with E-state index < -0.39 is 17.7 Å². The van der Waals surface area contributed by atoms with Crippen molar-refractivity contribution in [2.45, 2.75) is 13.0 Å². The standard InChI is InChI=1S/C24H19ClN2O4/c1-14-11-17(25)8-9-19(14)27-21(16-6-4-10-26-13-16)20(23(29)24(27)30)22(28)15-5-3-7-18(12-15)31-2/h3-13,21,28H,1-2H3/b22-20+. The number of benzene rings is 2. The molecule has 0 radical (unpaired) electrons. The van der Waals surface area contributed by atoms with Crippen LogP contribution in [-0.2, 0) is 9.59 Å². The first-order valence-corrected chi connectivity index (χ1v) is 9.91. The highest BCUT2D eigenvalue weighted by Crippen LogP contribution is 2.43. The second-order valence-corrected chi connectivity index (χ2v) is 7.55. The van der Waals surface area contributed by atoms with Gasteiger partial charge in [0.15, 0.2) is 0 Å². The minimum atomic E-state index is -0.847. The summed E-state index contributed by atoms with van der Waals surface area (Å²) in [5.74, 6) is -1.27. The highest BCUT2D eigenvalue weighted by Gasteiger charge is 2.47. The number of carbonyl (C=O) groups excluding carboxylic acids is 2. The number of aliphatic hydroxyl groups is 1. The number of anilines is 1. The second-order valence-electron chi connectivity index (χ2n) is 7.12. The first-order chi connectivity index (χ1) is 14.9. The Bertz CT molecular complexity index is 1210. The van der Waals surface area contributed by atoms with Crippen LogP contribution >= 0.6 is 11.6 Å². The van der Waals surface area contributed by atoms with Crippen LogP contribution < -0.4 is 9.64 Å². The predicted octanol–water partition coefficient (Wildman–Crippen LogP) is 4.68. The largest absolute Gasteiger partial charge is 0.507 e. The van der Waals surface area contributed by atoms with Gasteiger partial charge < -0.3 is 9.84 Å². The maximum absolute atomic E-state index is 13.1. The zero-order valence-corrected chi connectivity index (χ0v) is 17.6. The molecule has 1 aliphatic heterocycles. The highest BCUT2D eigenvalue weighted by atomic mass is 35.5. The zero-order valence-electron chi connectivity index (χ0n) is 16.9. The molecule has 1 aliphatic rings. The van der Waals surface area contributed by atoms with Crippen LogP contribution in [0.3, 0.4) is 0 Å². The summed E-state index contributed by atoms with van der Waals surface area (Å²) in [5.41, 5.74) is 2.22. The number of Topliss-reactive ketones (excluding diaryl/α,β-unsaturated/α-hetero) is 1. The highest BCUT2D eigenvalue weighted by molar-refractivity contribution is 6.51. The summed E-state index contributed by atoms with van der Waals surface area (Å²) < 4.78 is 5.23. The number of carbonyl (C=O) groups is 2. The average molecular weight is 435 g/mol. The molecule has 7 heteroatoms. The molecule has 1 amide bonds. The van der Waals surface area contributed by atoms with Crippen molar-refractivity contribution in [1.82, 2.24) is 4.98 Å². The van der Waals surface area contributed by atoms with E-state index in [9.17, 15) is 14.7 Å². The van der Waals surface area contributed by atoms with Gasteiger partial charge in [-0.3, -0.25) is 19.5 Å².